The third-order valence-corrected chi connectivity index (χ3v) is 7.13. The number of alkyl halides is 6. The van der Waals surface area contributed by atoms with E-state index in [9.17, 15) is 40.6 Å². The average molecular weight is 537 g/mol. The van der Waals surface area contributed by atoms with Crippen molar-refractivity contribution in [1.29, 1.82) is 0 Å². The topological polar surface area (TPSA) is 94.6 Å². The molecule has 1 aromatic heterocycles. The number of nitrogens with one attached hydrogen (secondary N) is 1. The SMILES string of the molecule is O=C(N1CC(OCc2ccc(C(F)(F)F)cc2F)C1)N1CC2(CC(c3nnc(C(O)C(F)(F)F)[nH]3)C2)C1. The van der Waals surface area contributed by atoms with Crippen molar-refractivity contribution in [1.82, 2.24) is 25.0 Å². The van der Waals surface area contributed by atoms with Crippen molar-refractivity contribution in [3.63, 3.8) is 0 Å². The molecule has 2 amide bonds. The summed E-state index contributed by atoms with van der Waals surface area (Å²) >= 11 is 0. The molecule has 15 heteroatoms. The quantitative estimate of drug-likeness (QED) is 0.567. The molecule has 37 heavy (non-hydrogen) atoms. The van der Waals surface area contributed by atoms with Gasteiger partial charge in [0.05, 0.1) is 31.4 Å². The van der Waals surface area contributed by atoms with Gasteiger partial charge in [-0.05, 0) is 25.0 Å². The van der Waals surface area contributed by atoms with Crippen LogP contribution in [-0.2, 0) is 17.5 Å². The highest BCUT2D eigenvalue weighted by molar-refractivity contribution is 5.76. The van der Waals surface area contributed by atoms with Crippen molar-refractivity contribution >= 4 is 6.03 Å². The molecule has 1 aliphatic carbocycles. The number of urea groups is 1. The zero-order chi connectivity index (χ0) is 26.8. The number of rotatable bonds is 5. The minimum Gasteiger partial charge on any atom is -0.377 e. The number of amides is 2. The molecule has 1 unspecified atom stereocenters. The first-order valence-corrected chi connectivity index (χ1v) is 11.4. The van der Waals surface area contributed by atoms with E-state index in [4.69, 9.17) is 4.74 Å². The van der Waals surface area contributed by atoms with Crippen LogP contribution in [0.15, 0.2) is 18.2 Å². The van der Waals surface area contributed by atoms with Crippen LogP contribution in [0.1, 0.15) is 47.6 Å². The van der Waals surface area contributed by atoms with Crippen molar-refractivity contribution < 1.29 is 45.4 Å². The highest BCUT2D eigenvalue weighted by atomic mass is 19.4. The van der Waals surface area contributed by atoms with E-state index in [1.54, 1.807) is 9.80 Å². The van der Waals surface area contributed by atoms with Gasteiger partial charge < -0.3 is 24.6 Å². The fourth-order valence-electron chi connectivity index (χ4n) is 5.03. The molecule has 3 aliphatic rings. The summed E-state index contributed by atoms with van der Waals surface area (Å²) in [5, 5.41) is 16.4. The Bertz CT molecular complexity index is 1160. The van der Waals surface area contributed by atoms with Crippen molar-refractivity contribution in [2.45, 2.75) is 49.9 Å². The highest BCUT2D eigenvalue weighted by Crippen LogP contribution is 2.55. The van der Waals surface area contributed by atoms with Crippen LogP contribution < -0.4 is 0 Å². The van der Waals surface area contributed by atoms with Crippen LogP contribution in [0.5, 0.6) is 0 Å². The summed E-state index contributed by atoms with van der Waals surface area (Å²) in [6.07, 6.45) is -11.3. The fourth-order valence-corrected chi connectivity index (χ4v) is 5.03. The van der Waals surface area contributed by atoms with E-state index in [0.29, 0.717) is 32.0 Å². The molecule has 2 N–H and O–H groups in total. The van der Waals surface area contributed by atoms with Gasteiger partial charge in [-0.2, -0.15) is 26.3 Å². The predicted molar refractivity (Wildman–Crippen MR) is 110 cm³/mol. The number of aliphatic hydroxyl groups excluding tert-OH is 1. The minimum absolute atomic E-state index is 0.00575. The van der Waals surface area contributed by atoms with Crippen LogP contribution in [-0.4, -0.2) is 74.6 Å². The van der Waals surface area contributed by atoms with Crippen LogP contribution in [0.3, 0.4) is 0 Å². The summed E-state index contributed by atoms with van der Waals surface area (Å²) in [7, 11) is 0. The van der Waals surface area contributed by atoms with E-state index < -0.39 is 35.7 Å². The summed E-state index contributed by atoms with van der Waals surface area (Å²) < 4.78 is 95.2. The number of likely N-dealkylation sites (tertiary alicyclic amines) is 2. The predicted octanol–water partition coefficient (Wildman–Crippen LogP) is 3.76. The average Bonchev–Trinajstić information content (AvgIpc) is 3.19. The Morgan fingerprint density at radius 2 is 1.81 bits per heavy atom. The number of aromatic nitrogens is 3. The van der Waals surface area contributed by atoms with Crippen molar-refractivity contribution in [3.8, 4) is 0 Å². The first-order chi connectivity index (χ1) is 17.2. The Hall–Kier alpha value is -2.94. The summed E-state index contributed by atoms with van der Waals surface area (Å²) in [6, 6.07) is 2.05. The number of hydrogen-bond donors (Lipinski definition) is 2. The second-order valence-electron chi connectivity index (χ2n) is 9.93. The largest absolute Gasteiger partial charge is 0.421 e. The maximum absolute atomic E-state index is 13.9. The number of ether oxygens (including phenoxy) is 1. The molecule has 1 saturated carbocycles. The van der Waals surface area contributed by atoms with E-state index in [0.717, 1.165) is 12.1 Å². The lowest BCUT2D eigenvalue weighted by Crippen LogP contribution is -2.68. The molecular weight excluding hydrogens is 515 g/mol. The van der Waals surface area contributed by atoms with Gasteiger partial charge in [0, 0.05) is 30.0 Å². The van der Waals surface area contributed by atoms with Gasteiger partial charge in [-0.1, -0.05) is 6.07 Å². The number of benzene rings is 1. The maximum Gasteiger partial charge on any atom is 0.421 e. The zero-order valence-corrected chi connectivity index (χ0v) is 19.1. The van der Waals surface area contributed by atoms with Gasteiger partial charge in [0.1, 0.15) is 11.6 Å². The lowest BCUT2D eigenvalue weighted by atomic mass is 9.57. The molecule has 1 aromatic carbocycles. The second kappa shape index (κ2) is 8.82. The number of carbonyl (C=O) groups is 1. The van der Waals surface area contributed by atoms with Crippen molar-refractivity contribution in [2.75, 3.05) is 26.2 Å². The number of nitrogens with zero attached hydrogens (tertiary/aromatic N) is 4. The molecule has 3 heterocycles. The molecule has 8 nitrogen and oxygen atoms in total. The van der Waals surface area contributed by atoms with E-state index in [-0.39, 0.29) is 54.6 Å². The number of carbonyl (C=O) groups excluding carboxylic acids is 1. The Morgan fingerprint density at radius 1 is 1.14 bits per heavy atom. The van der Waals surface area contributed by atoms with Crippen LogP contribution in [0.25, 0.3) is 0 Å². The van der Waals surface area contributed by atoms with Gasteiger partial charge in [0.25, 0.3) is 0 Å². The Kier molecular flexibility index (Phi) is 6.13. The Balaban J connectivity index is 1.03. The zero-order valence-electron chi connectivity index (χ0n) is 19.1. The third-order valence-electron chi connectivity index (χ3n) is 7.13. The first kappa shape index (κ1) is 25.7. The van der Waals surface area contributed by atoms with Gasteiger partial charge in [0.2, 0.25) is 6.10 Å². The molecule has 0 radical (unpaired) electrons. The lowest BCUT2D eigenvalue weighted by Gasteiger charge is -2.59. The molecule has 5 rings (SSSR count). The molecule has 2 aromatic rings. The van der Waals surface area contributed by atoms with Crippen molar-refractivity contribution in [2.24, 2.45) is 5.41 Å². The van der Waals surface area contributed by atoms with Crippen LogP contribution in [0.2, 0.25) is 0 Å². The fraction of sp³-hybridized carbons (Fsp3) is 0.591. The second-order valence-corrected chi connectivity index (χ2v) is 9.93. The summed E-state index contributed by atoms with van der Waals surface area (Å²) in [5.74, 6) is -1.51. The standard InChI is InChI=1S/C22H22F7N5O3/c23-15-3-13(21(24,25)26)2-1-11(15)8-37-14-6-33(7-14)19(36)34-9-20(10-34)4-12(5-20)17-30-18(32-31-17)16(35)22(27,28)29/h1-3,12,14,16,35H,4-10H2,(H,30,31,32). The lowest BCUT2D eigenvalue weighted by molar-refractivity contribution is -0.209. The smallest absolute Gasteiger partial charge is 0.377 e. The monoisotopic (exact) mass is 537 g/mol. The Labute approximate surface area is 205 Å². The minimum atomic E-state index is -4.84. The number of H-pyrrole nitrogens is 1. The van der Waals surface area contributed by atoms with Gasteiger partial charge in [-0.3, -0.25) is 0 Å². The molecule has 2 saturated heterocycles. The molecule has 2 aliphatic heterocycles. The maximum atomic E-state index is 13.9. The Morgan fingerprint density at radius 3 is 2.41 bits per heavy atom. The number of aliphatic hydroxyl groups is 1. The number of hydrogen-bond acceptors (Lipinski definition) is 5. The van der Waals surface area contributed by atoms with E-state index in [2.05, 4.69) is 15.2 Å². The molecule has 1 spiro atoms. The molecular formula is C22H22F7N5O3. The van der Waals surface area contributed by atoms with Crippen molar-refractivity contribution in [3.05, 3.63) is 46.8 Å². The van der Waals surface area contributed by atoms with Gasteiger partial charge in [0.15, 0.2) is 5.82 Å². The highest BCUT2D eigenvalue weighted by Gasteiger charge is 2.56. The van der Waals surface area contributed by atoms with Crippen LogP contribution in [0, 0.1) is 11.2 Å². The molecule has 0 bridgehead atoms. The third kappa shape index (κ3) is 4.98. The van der Waals surface area contributed by atoms with E-state index in [1.807, 2.05) is 0 Å². The molecule has 1 atom stereocenters. The summed E-state index contributed by atoms with van der Waals surface area (Å²) in [4.78, 5) is 18.3. The number of aromatic amines is 1. The van der Waals surface area contributed by atoms with Gasteiger partial charge in [-0.15, -0.1) is 10.2 Å². The molecule has 3 fully saturated rings. The van der Waals surface area contributed by atoms with Gasteiger partial charge in [-0.25, -0.2) is 9.18 Å². The molecule has 202 valence electrons. The van der Waals surface area contributed by atoms with Crippen LogP contribution >= 0.6 is 0 Å². The number of halogens is 7. The normalized spacial score (nSPS) is 21.0. The van der Waals surface area contributed by atoms with Crippen LogP contribution in [0.4, 0.5) is 35.5 Å². The van der Waals surface area contributed by atoms with E-state index >= 15 is 0 Å². The first-order valence-electron chi connectivity index (χ1n) is 11.4. The van der Waals surface area contributed by atoms with E-state index in [1.165, 1.54) is 0 Å². The summed E-state index contributed by atoms with van der Waals surface area (Å²) in [5.41, 5.74) is -1.21. The van der Waals surface area contributed by atoms with Gasteiger partial charge >= 0.3 is 18.4 Å². The summed E-state index contributed by atoms with van der Waals surface area (Å²) in [6.45, 7) is 1.32.